The first-order valence-electron chi connectivity index (χ1n) is 7.15. The summed E-state index contributed by atoms with van der Waals surface area (Å²) in [7, 11) is 0. The number of hydrogen-bond acceptors (Lipinski definition) is 2. The second-order valence-electron chi connectivity index (χ2n) is 5.77. The maximum atomic E-state index is 13.3. The first-order valence-corrected chi connectivity index (χ1v) is 7.78. The summed E-state index contributed by atoms with van der Waals surface area (Å²) < 4.78 is 19.2. The average Bonchev–Trinajstić information content (AvgIpc) is 2.66. The van der Waals surface area contributed by atoms with Gasteiger partial charge in [-0.2, -0.15) is 12.6 Å². The Kier molecular flexibility index (Phi) is 5.14. The van der Waals surface area contributed by atoms with E-state index in [9.17, 15) is 4.39 Å². The van der Waals surface area contributed by atoms with Gasteiger partial charge >= 0.3 is 0 Å². The molecule has 2 rings (SSSR count). The summed E-state index contributed by atoms with van der Waals surface area (Å²) in [6.07, 6.45) is 7.48. The predicted octanol–water partition coefficient (Wildman–Crippen LogP) is 4.78. The van der Waals surface area contributed by atoms with E-state index in [1.807, 2.05) is 6.92 Å². The van der Waals surface area contributed by atoms with E-state index in [-0.39, 0.29) is 11.2 Å². The number of aryl methyl sites for hydroxylation is 1. The Hall–Kier alpha value is -0.700. The minimum Gasteiger partial charge on any atom is -0.493 e. The average molecular weight is 282 g/mol. The second kappa shape index (κ2) is 6.65. The van der Waals surface area contributed by atoms with Crippen molar-refractivity contribution in [2.24, 2.45) is 5.41 Å². The molecular weight excluding hydrogens is 259 g/mol. The van der Waals surface area contributed by atoms with Gasteiger partial charge in [-0.05, 0) is 37.1 Å². The fourth-order valence-electron chi connectivity index (χ4n) is 2.79. The van der Waals surface area contributed by atoms with E-state index >= 15 is 0 Å². The van der Waals surface area contributed by atoms with E-state index in [1.165, 1.54) is 50.7 Å². The van der Waals surface area contributed by atoms with Gasteiger partial charge in [0.1, 0.15) is 11.6 Å². The van der Waals surface area contributed by atoms with Crippen LogP contribution < -0.4 is 4.74 Å². The number of rotatable bonds is 4. The van der Waals surface area contributed by atoms with E-state index in [0.717, 1.165) is 11.3 Å². The summed E-state index contributed by atoms with van der Waals surface area (Å²) in [6.45, 7) is 2.61. The minimum atomic E-state index is -0.235. The van der Waals surface area contributed by atoms with Gasteiger partial charge in [0, 0.05) is 11.5 Å². The summed E-state index contributed by atoms with van der Waals surface area (Å²) in [4.78, 5) is 0. The Labute approximate surface area is 121 Å². The SMILES string of the molecule is Cc1ccc(F)cc1OCC1(CS)CCCCCC1. The van der Waals surface area contributed by atoms with Crippen LogP contribution in [0.3, 0.4) is 0 Å². The first-order chi connectivity index (χ1) is 9.15. The van der Waals surface area contributed by atoms with Crippen LogP contribution in [0.4, 0.5) is 4.39 Å². The normalized spacial score (nSPS) is 18.9. The van der Waals surface area contributed by atoms with E-state index in [1.54, 1.807) is 6.07 Å². The molecule has 0 radical (unpaired) electrons. The molecule has 1 fully saturated rings. The molecule has 0 saturated heterocycles. The summed E-state index contributed by atoms with van der Waals surface area (Å²) in [6, 6.07) is 4.73. The largest absolute Gasteiger partial charge is 0.493 e. The van der Waals surface area contributed by atoms with E-state index in [4.69, 9.17) is 4.74 Å². The number of thiol groups is 1. The summed E-state index contributed by atoms with van der Waals surface area (Å²) in [5.74, 6) is 1.29. The molecule has 106 valence electrons. The molecule has 1 aliphatic carbocycles. The number of halogens is 1. The lowest BCUT2D eigenvalue weighted by Gasteiger charge is -2.31. The van der Waals surface area contributed by atoms with Crippen molar-refractivity contribution in [2.75, 3.05) is 12.4 Å². The molecule has 0 atom stereocenters. The van der Waals surface area contributed by atoms with Gasteiger partial charge in [-0.3, -0.25) is 0 Å². The maximum Gasteiger partial charge on any atom is 0.126 e. The zero-order valence-corrected chi connectivity index (χ0v) is 12.5. The number of ether oxygens (including phenoxy) is 1. The topological polar surface area (TPSA) is 9.23 Å². The molecule has 0 spiro atoms. The van der Waals surface area contributed by atoms with Gasteiger partial charge in [0.05, 0.1) is 6.61 Å². The number of benzene rings is 1. The molecule has 1 saturated carbocycles. The zero-order chi connectivity index (χ0) is 13.7. The standard InChI is InChI=1S/C16H23FOS/c1-13-6-7-14(17)10-15(13)18-11-16(12-19)8-4-2-3-5-9-16/h6-7,10,19H,2-5,8-9,11-12H2,1H3. The third kappa shape index (κ3) is 3.88. The van der Waals surface area contributed by atoms with Crippen LogP contribution in [0.5, 0.6) is 5.75 Å². The molecule has 0 aliphatic heterocycles. The van der Waals surface area contributed by atoms with Crippen LogP contribution in [0.15, 0.2) is 18.2 Å². The summed E-state index contributed by atoms with van der Waals surface area (Å²) in [5, 5.41) is 0. The van der Waals surface area contributed by atoms with Crippen molar-refractivity contribution in [3.05, 3.63) is 29.6 Å². The fraction of sp³-hybridized carbons (Fsp3) is 0.625. The molecule has 0 unspecified atom stereocenters. The van der Waals surface area contributed by atoms with Crippen LogP contribution in [-0.4, -0.2) is 12.4 Å². The molecule has 1 aromatic carbocycles. The Balaban J connectivity index is 2.04. The molecule has 1 nitrogen and oxygen atoms in total. The quantitative estimate of drug-likeness (QED) is 0.617. The highest BCUT2D eigenvalue weighted by Gasteiger charge is 2.30. The lowest BCUT2D eigenvalue weighted by atomic mass is 9.83. The third-order valence-corrected chi connectivity index (χ3v) is 4.85. The van der Waals surface area contributed by atoms with Crippen molar-refractivity contribution in [1.29, 1.82) is 0 Å². The summed E-state index contributed by atoms with van der Waals surface area (Å²) in [5.41, 5.74) is 1.16. The van der Waals surface area contributed by atoms with Crippen molar-refractivity contribution >= 4 is 12.6 Å². The number of hydrogen-bond donors (Lipinski definition) is 1. The van der Waals surface area contributed by atoms with E-state index < -0.39 is 0 Å². The van der Waals surface area contributed by atoms with Crippen LogP contribution in [0, 0.1) is 18.2 Å². The Morgan fingerprint density at radius 2 is 1.89 bits per heavy atom. The Bertz CT molecular complexity index is 411. The molecule has 1 aromatic rings. The van der Waals surface area contributed by atoms with Crippen molar-refractivity contribution in [1.82, 2.24) is 0 Å². The van der Waals surface area contributed by atoms with Crippen molar-refractivity contribution in [3.8, 4) is 5.75 Å². The van der Waals surface area contributed by atoms with Gasteiger partial charge in [-0.25, -0.2) is 4.39 Å². The van der Waals surface area contributed by atoms with E-state index in [0.29, 0.717) is 12.4 Å². The highest BCUT2D eigenvalue weighted by Crippen LogP contribution is 2.37. The van der Waals surface area contributed by atoms with E-state index in [2.05, 4.69) is 12.6 Å². The van der Waals surface area contributed by atoms with Crippen molar-refractivity contribution < 1.29 is 9.13 Å². The molecule has 3 heteroatoms. The van der Waals surface area contributed by atoms with Gasteiger partial charge in [0.15, 0.2) is 0 Å². The zero-order valence-electron chi connectivity index (χ0n) is 11.6. The molecule has 0 N–H and O–H groups in total. The lowest BCUT2D eigenvalue weighted by molar-refractivity contribution is 0.147. The van der Waals surface area contributed by atoms with Crippen molar-refractivity contribution in [2.45, 2.75) is 45.4 Å². The van der Waals surface area contributed by atoms with Crippen LogP contribution in [0.1, 0.15) is 44.1 Å². The van der Waals surface area contributed by atoms with Gasteiger partial charge in [0.25, 0.3) is 0 Å². The van der Waals surface area contributed by atoms with Gasteiger partial charge in [-0.15, -0.1) is 0 Å². The van der Waals surface area contributed by atoms with Gasteiger partial charge < -0.3 is 4.74 Å². The molecular formula is C16H23FOS. The fourth-order valence-corrected chi connectivity index (χ4v) is 3.19. The third-order valence-electron chi connectivity index (χ3n) is 4.18. The Morgan fingerprint density at radius 3 is 2.53 bits per heavy atom. The van der Waals surface area contributed by atoms with Crippen LogP contribution in [-0.2, 0) is 0 Å². The molecule has 0 bridgehead atoms. The lowest BCUT2D eigenvalue weighted by Crippen LogP contribution is -2.30. The highest BCUT2D eigenvalue weighted by atomic mass is 32.1. The highest BCUT2D eigenvalue weighted by molar-refractivity contribution is 7.80. The molecule has 0 aromatic heterocycles. The second-order valence-corrected chi connectivity index (χ2v) is 6.09. The van der Waals surface area contributed by atoms with Gasteiger partial charge in [-0.1, -0.05) is 31.7 Å². The molecule has 0 heterocycles. The monoisotopic (exact) mass is 282 g/mol. The van der Waals surface area contributed by atoms with Crippen LogP contribution in [0.2, 0.25) is 0 Å². The molecule has 0 amide bonds. The van der Waals surface area contributed by atoms with Gasteiger partial charge in [0.2, 0.25) is 0 Å². The molecule has 19 heavy (non-hydrogen) atoms. The maximum absolute atomic E-state index is 13.3. The minimum absolute atomic E-state index is 0.165. The predicted molar refractivity (Wildman–Crippen MR) is 80.6 cm³/mol. The van der Waals surface area contributed by atoms with Crippen LogP contribution >= 0.6 is 12.6 Å². The van der Waals surface area contributed by atoms with Crippen LogP contribution in [0.25, 0.3) is 0 Å². The summed E-state index contributed by atoms with van der Waals surface area (Å²) >= 11 is 4.54. The van der Waals surface area contributed by atoms with Crippen molar-refractivity contribution in [3.63, 3.8) is 0 Å². The Morgan fingerprint density at radius 1 is 1.21 bits per heavy atom. The molecule has 1 aliphatic rings. The smallest absolute Gasteiger partial charge is 0.126 e. The first kappa shape index (κ1) is 14.7.